The van der Waals surface area contributed by atoms with E-state index in [2.05, 4.69) is 34.6 Å². The standard InChI is InChI=1S/C46H88O6/c1-6-7-8-9-19-28-33-38-46(49)52-43(40-51-45(48)37-32-27-23-18-21-25-30-35-42(4)5)39-50-44(47)36-31-26-22-17-15-13-11-10-12-14-16-20-24-29-34-41(2)3/h41-43H,6-40H2,1-5H3/t43-/m0/s1. The quantitative estimate of drug-likeness (QED) is 0.0354. The van der Waals surface area contributed by atoms with E-state index in [9.17, 15) is 14.4 Å². The maximum atomic E-state index is 12.6. The van der Waals surface area contributed by atoms with E-state index in [0.717, 1.165) is 69.6 Å². The van der Waals surface area contributed by atoms with Crippen molar-refractivity contribution in [3.05, 3.63) is 0 Å². The number of carbonyl (C=O) groups excluding carboxylic acids is 3. The molecule has 0 spiro atoms. The summed E-state index contributed by atoms with van der Waals surface area (Å²) in [6.07, 6.45) is 36.8. The minimum Gasteiger partial charge on any atom is -0.462 e. The summed E-state index contributed by atoms with van der Waals surface area (Å²) >= 11 is 0. The zero-order valence-corrected chi connectivity index (χ0v) is 35.4. The van der Waals surface area contributed by atoms with Crippen LogP contribution >= 0.6 is 0 Å². The van der Waals surface area contributed by atoms with Crippen molar-refractivity contribution in [2.75, 3.05) is 13.2 Å². The van der Waals surface area contributed by atoms with E-state index < -0.39 is 6.10 Å². The largest absolute Gasteiger partial charge is 0.462 e. The van der Waals surface area contributed by atoms with E-state index in [1.54, 1.807) is 0 Å². The molecule has 0 unspecified atom stereocenters. The van der Waals surface area contributed by atoms with Crippen LogP contribution in [0.25, 0.3) is 0 Å². The number of hydrogen-bond donors (Lipinski definition) is 0. The summed E-state index contributed by atoms with van der Waals surface area (Å²) in [6.45, 7) is 11.3. The molecule has 0 aliphatic carbocycles. The van der Waals surface area contributed by atoms with Crippen LogP contribution < -0.4 is 0 Å². The van der Waals surface area contributed by atoms with Gasteiger partial charge in [0.15, 0.2) is 6.10 Å². The third-order valence-corrected chi connectivity index (χ3v) is 10.2. The molecule has 1 atom stereocenters. The van der Waals surface area contributed by atoms with Crippen LogP contribution in [0.2, 0.25) is 0 Å². The summed E-state index contributed by atoms with van der Waals surface area (Å²) in [5.74, 6) is 0.760. The average Bonchev–Trinajstić information content (AvgIpc) is 3.11. The highest BCUT2D eigenvalue weighted by Gasteiger charge is 2.19. The van der Waals surface area contributed by atoms with Crippen molar-refractivity contribution in [3.8, 4) is 0 Å². The average molecular weight is 737 g/mol. The maximum absolute atomic E-state index is 12.6. The highest BCUT2D eigenvalue weighted by molar-refractivity contribution is 5.71. The topological polar surface area (TPSA) is 78.9 Å². The molecule has 0 saturated heterocycles. The number of unbranched alkanes of at least 4 members (excludes halogenated alkanes) is 25. The van der Waals surface area contributed by atoms with Crippen molar-refractivity contribution in [2.45, 2.75) is 253 Å². The third kappa shape index (κ3) is 39.6. The Morgan fingerprint density at radius 2 is 0.635 bits per heavy atom. The summed E-state index contributed by atoms with van der Waals surface area (Å²) in [5, 5.41) is 0. The highest BCUT2D eigenvalue weighted by atomic mass is 16.6. The Bertz CT molecular complexity index is 794. The Balaban J connectivity index is 4.19. The van der Waals surface area contributed by atoms with Gasteiger partial charge >= 0.3 is 17.9 Å². The second-order valence-electron chi connectivity index (χ2n) is 16.6. The fourth-order valence-electron chi connectivity index (χ4n) is 6.75. The Morgan fingerprint density at radius 1 is 0.365 bits per heavy atom. The first-order valence-electron chi connectivity index (χ1n) is 22.7. The van der Waals surface area contributed by atoms with Gasteiger partial charge in [0.1, 0.15) is 13.2 Å². The second kappa shape index (κ2) is 39.1. The Morgan fingerprint density at radius 3 is 0.942 bits per heavy atom. The van der Waals surface area contributed by atoms with Crippen LogP contribution in [0.5, 0.6) is 0 Å². The molecule has 0 aliphatic rings. The van der Waals surface area contributed by atoms with Crippen molar-refractivity contribution in [3.63, 3.8) is 0 Å². The predicted octanol–water partition coefficient (Wildman–Crippen LogP) is 14.2. The lowest BCUT2D eigenvalue weighted by Crippen LogP contribution is -2.30. The van der Waals surface area contributed by atoms with Crippen LogP contribution in [-0.4, -0.2) is 37.2 Å². The number of hydrogen-bond acceptors (Lipinski definition) is 6. The molecule has 0 aliphatic heterocycles. The predicted molar refractivity (Wildman–Crippen MR) is 220 cm³/mol. The summed E-state index contributed by atoms with van der Waals surface area (Å²) in [6, 6.07) is 0. The molecule has 308 valence electrons. The van der Waals surface area contributed by atoms with Crippen LogP contribution in [0, 0.1) is 11.8 Å². The zero-order valence-electron chi connectivity index (χ0n) is 35.4. The van der Waals surface area contributed by atoms with Crippen LogP contribution in [0.15, 0.2) is 0 Å². The molecule has 52 heavy (non-hydrogen) atoms. The molecule has 0 bridgehead atoms. The molecule has 6 heteroatoms. The number of esters is 3. The fraction of sp³-hybridized carbons (Fsp3) is 0.935. The first kappa shape index (κ1) is 50.4. The van der Waals surface area contributed by atoms with Gasteiger partial charge in [-0.2, -0.15) is 0 Å². The second-order valence-corrected chi connectivity index (χ2v) is 16.6. The molecule has 0 radical (unpaired) electrons. The normalized spacial score (nSPS) is 12.1. The van der Waals surface area contributed by atoms with Gasteiger partial charge in [-0.15, -0.1) is 0 Å². The van der Waals surface area contributed by atoms with Crippen molar-refractivity contribution >= 4 is 17.9 Å². The van der Waals surface area contributed by atoms with Gasteiger partial charge in [-0.3, -0.25) is 14.4 Å². The van der Waals surface area contributed by atoms with Gasteiger partial charge < -0.3 is 14.2 Å². The van der Waals surface area contributed by atoms with Gasteiger partial charge in [0.25, 0.3) is 0 Å². The van der Waals surface area contributed by atoms with Crippen LogP contribution in [-0.2, 0) is 28.6 Å². The van der Waals surface area contributed by atoms with E-state index in [1.165, 1.54) is 135 Å². The molecule has 0 aromatic rings. The Hall–Kier alpha value is -1.59. The minimum atomic E-state index is -0.759. The van der Waals surface area contributed by atoms with E-state index >= 15 is 0 Å². The lowest BCUT2D eigenvalue weighted by Gasteiger charge is -2.18. The zero-order chi connectivity index (χ0) is 38.3. The molecule has 0 saturated carbocycles. The molecule has 0 aromatic heterocycles. The lowest BCUT2D eigenvalue weighted by molar-refractivity contribution is -0.167. The van der Waals surface area contributed by atoms with E-state index in [4.69, 9.17) is 14.2 Å². The molecule has 0 fully saturated rings. The van der Waals surface area contributed by atoms with Crippen LogP contribution in [0.4, 0.5) is 0 Å². The first-order valence-corrected chi connectivity index (χ1v) is 22.7. The summed E-state index contributed by atoms with van der Waals surface area (Å²) in [5.41, 5.74) is 0. The lowest BCUT2D eigenvalue weighted by atomic mass is 10.0. The molecular formula is C46H88O6. The third-order valence-electron chi connectivity index (χ3n) is 10.2. The van der Waals surface area contributed by atoms with E-state index in [0.29, 0.717) is 19.3 Å². The SMILES string of the molecule is CCCCCCCCCC(=O)O[C@@H](COC(=O)CCCCCCCCCCCCCCCCC(C)C)COC(=O)CCCCCCCCCC(C)C. The molecular weight excluding hydrogens is 649 g/mol. The van der Waals surface area contributed by atoms with Crippen LogP contribution in [0.1, 0.15) is 247 Å². The summed E-state index contributed by atoms with van der Waals surface area (Å²) in [4.78, 5) is 37.5. The van der Waals surface area contributed by atoms with Gasteiger partial charge in [-0.05, 0) is 31.1 Å². The summed E-state index contributed by atoms with van der Waals surface area (Å²) in [7, 11) is 0. The van der Waals surface area contributed by atoms with Gasteiger partial charge in [-0.1, -0.05) is 208 Å². The maximum Gasteiger partial charge on any atom is 0.306 e. The van der Waals surface area contributed by atoms with Gasteiger partial charge in [0.05, 0.1) is 0 Å². The number of carbonyl (C=O) groups is 3. The van der Waals surface area contributed by atoms with E-state index in [-0.39, 0.29) is 31.1 Å². The number of rotatable bonds is 40. The van der Waals surface area contributed by atoms with Gasteiger partial charge in [-0.25, -0.2) is 0 Å². The minimum absolute atomic E-state index is 0.0657. The van der Waals surface area contributed by atoms with Crippen molar-refractivity contribution in [2.24, 2.45) is 11.8 Å². The van der Waals surface area contributed by atoms with E-state index in [1.807, 2.05) is 0 Å². The molecule has 0 amide bonds. The van der Waals surface area contributed by atoms with Gasteiger partial charge in [0.2, 0.25) is 0 Å². The Labute approximate surface area is 323 Å². The molecule has 0 aromatic carbocycles. The molecule has 0 N–H and O–H groups in total. The number of ether oxygens (including phenoxy) is 3. The monoisotopic (exact) mass is 737 g/mol. The fourth-order valence-corrected chi connectivity index (χ4v) is 6.75. The molecule has 0 heterocycles. The first-order chi connectivity index (χ1) is 25.2. The van der Waals surface area contributed by atoms with Crippen molar-refractivity contribution in [1.29, 1.82) is 0 Å². The smallest absolute Gasteiger partial charge is 0.306 e. The van der Waals surface area contributed by atoms with Crippen molar-refractivity contribution in [1.82, 2.24) is 0 Å². The van der Waals surface area contributed by atoms with Crippen LogP contribution in [0.3, 0.4) is 0 Å². The highest BCUT2D eigenvalue weighted by Crippen LogP contribution is 2.16. The molecule has 0 rings (SSSR count). The van der Waals surface area contributed by atoms with Crippen molar-refractivity contribution < 1.29 is 28.6 Å². The molecule has 6 nitrogen and oxygen atoms in total. The Kier molecular flexibility index (Phi) is 37.9. The summed E-state index contributed by atoms with van der Waals surface area (Å²) < 4.78 is 16.6. The van der Waals surface area contributed by atoms with Gasteiger partial charge in [0, 0.05) is 19.3 Å².